The summed E-state index contributed by atoms with van der Waals surface area (Å²) >= 11 is 6.94. The molecule has 0 radical (unpaired) electrons. The van der Waals surface area contributed by atoms with Gasteiger partial charge in [0.25, 0.3) is 11.5 Å². The largest absolute Gasteiger partial charge is 0.508 e. The topological polar surface area (TPSA) is 87.8 Å². The first kappa shape index (κ1) is 26.2. The van der Waals surface area contributed by atoms with Crippen LogP contribution in [0.2, 0.25) is 0 Å². The van der Waals surface area contributed by atoms with Crippen molar-refractivity contribution in [3.63, 3.8) is 0 Å². The van der Waals surface area contributed by atoms with Crippen molar-refractivity contribution in [1.29, 1.82) is 0 Å². The molecule has 1 unspecified atom stereocenters. The van der Waals surface area contributed by atoms with Crippen LogP contribution in [-0.2, 0) is 0 Å². The minimum absolute atomic E-state index is 0.160. The fraction of sp³-hybridized carbons (Fsp3) is 0.0968. The van der Waals surface area contributed by atoms with E-state index in [4.69, 9.17) is 5.10 Å². The molecule has 1 amide bonds. The molecule has 0 spiro atoms. The number of aryl methyl sites for hydroxylation is 1. The number of hydrazone groups is 1. The van der Waals surface area contributed by atoms with E-state index in [2.05, 4.69) is 36.8 Å². The monoisotopic (exact) mass is 656 g/mol. The van der Waals surface area contributed by atoms with E-state index < -0.39 is 0 Å². The molecule has 0 aliphatic carbocycles. The Morgan fingerprint density at radius 3 is 2.35 bits per heavy atom. The second kappa shape index (κ2) is 10.5. The van der Waals surface area contributed by atoms with Crippen LogP contribution in [0.25, 0.3) is 16.6 Å². The van der Waals surface area contributed by atoms with Gasteiger partial charge in [-0.1, -0.05) is 58.4 Å². The van der Waals surface area contributed by atoms with Crippen LogP contribution < -0.4 is 5.56 Å². The molecule has 0 bridgehead atoms. The fourth-order valence-corrected chi connectivity index (χ4v) is 6.28. The summed E-state index contributed by atoms with van der Waals surface area (Å²) in [6.45, 7) is 1.78. The molecule has 1 aliphatic rings. The van der Waals surface area contributed by atoms with Gasteiger partial charge in [0.05, 0.1) is 28.3 Å². The number of rotatable bonds is 4. The van der Waals surface area contributed by atoms with Gasteiger partial charge in [-0.25, -0.2) is 9.99 Å². The third kappa shape index (κ3) is 4.76. The van der Waals surface area contributed by atoms with Gasteiger partial charge in [0.1, 0.15) is 11.6 Å². The van der Waals surface area contributed by atoms with Crippen molar-refractivity contribution >= 4 is 54.4 Å². The first-order valence-corrected chi connectivity index (χ1v) is 14.1. The van der Waals surface area contributed by atoms with Gasteiger partial charge in [-0.05, 0) is 82.5 Å². The maximum atomic E-state index is 13.8. The van der Waals surface area contributed by atoms with Crippen molar-refractivity contribution in [3.05, 3.63) is 133 Å². The van der Waals surface area contributed by atoms with Gasteiger partial charge in [-0.2, -0.15) is 5.10 Å². The summed E-state index contributed by atoms with van der Waals surface area (Å²) in [6.07, 6.45) is 0.543. The minimum atomic E-state index is -0.325. The molecule has 0 saturated heterocycles. The summed E-state index contributed by atoms with van der Waals surface area (Å²) in [4.78, 5) is 31.9. The molecular weight excluding hydrogens is 636 g/mol. The van der Waals surface area contributed by atoms with E-state index in [-0.39, 0.29) is 23.3 Å². The van der Waals surface area contributed by atoms with Crippen LogP contribution in [0.5, 0.6) is 5.75 Å². The van der Waals surface area contributed by atoms with Crippen molar-refractivity contribution in [2.24, 2.45) is 5.10 Å². The van der Waals surface area contributed by atoms with Crippen molar-refractivity contribution in [3.8, 4) is 11.4 Å². The first-order valence-electron chi connectivity index (χ1n) is 12.5. The second-order valence-electron chi connectivity index (χ2n) is 9.50. The summed E-state index contributed by atoms with van der Waals surface area (Å²) < 4.78 is 3.04. The third-order valence-corrected chi connectivity index (χ3v) is 8.00. The highest BCUT2D eigenvalue weighted by molar-refractivity contribution is 9.11. The molecule has 2 heterocycles. The lowest BCUT2D eigenvalue weighted by atomic mass is 9.98. The maximum absolute atomic E-state index is 13.8. The normalized spacial score (nSPS) is 14.9. The molecule has 4 aromatic carbocycles. The Bertz CT molecular complexity index is 1850. The molecular formula is C31H22Br2N4O3. The zero-order chi connectivity index (χ0) is 28.0. The molecule has 0 saturated carbocycles. The van der Waals surface area contributed by atoms with Crippen molar-refractivity contribution < 1.29 is 9.90 Å². The lowest BCUT2D eigenvalue weighted by molar-refractivity contribution is 0.0711. The van der Waals surface area contributed by atoms with Gasteiger partial charge >= 0.3 is 0 Å². The highest BCUT2D eigenvalue weighted by Crippen LogP contribution is 2.35. The number of aromatic nitrogens is 2. The molecule has 1 N–H and O–H groups in total. The second-order valence-corrected chi connectivity index (χ2v) is 11.3. The molecule has 198 valence electrons. The Kier molecular flexibility index (Phi) is 6.85. The minimum Gasteiger partial charge on any atom is -0.508 e. The lowest BCUT2D eigenvalue weighted by Crippen LogP contribution is -2.27. The van der Waals surface area contributed by atoms with E-state index in [1.807, 2.05) is 48.5 Å². The quantitative estimate of drug-likeness (QED) is 0.227. The smallest absolute Gasteiger partial charge is 0.274 e. The molecule has 5 aromatic rings. The number of aromatic hydroxyl groups is 1. The predicted molar refractivity (Wildman–Crippen MR) is 162 cm³/mol. The molecule has 1 atom stereocenters. The third-order valence-electron chi connectivity index (χ3n) is 6.93. The van der Waals surface area contributed by atoms with E-state index in [0.717, 1.165) is 25.8 Å². The standard InChI is InChI=1S/C31H22Br2N4O3/c1-18-34-29-25(15-22(32)16-26(29)33)31(40)36(18)23-11-7-21(8-12-23)30(39)37-28(20-9-13-24(38)14-10-20)17-27(35-37)19-5-3-2-4-6-19/h2-16,28,38H,17H2,1H3. The van der Waals surface area contributed by atoms with Gasteiger partial charge < -0.3 is 5.11 Å². The summed E-state index contributed by atoms with van der Waals surface area (Å²) in [5.41, 5.74) is 4.08. The Morgan fingerprint density at radius 1 is 0.950 bits per heavy atom. The van der Waals surface area contributed by atoms with Crippen LogP contribution in [0, 0.1) is 6.92 Å². The van der Waals surface area contributed by atoms with E-state index in [1.165, 1.54) is 9.58 Å². The van der Waals surface area contributed by atoms with Crippen molar-refractivity contribution in [1.82, 2.24) is 14.6 Å². The molecule has 6 rings (SSSR count). The molecule has 7 nitrogen and oxygen atoms in total. The number of halogens is 2. The number of carbonyl (C=O) groups excluding carboxylic acids is 1. The molecule has 9 heteroatoms. The summed E-state index contributed by atoms with van der Waals surface area (Å²) in [7, 11) is 0. The van der Waals surface area contributed by atoms with Crippen LogP contribution in [-0.4, -0.2) is 31.3 Å². The number of benzene rings is 4. The predicted octanol–water partition coefficient (Wildman–Crippen LogP) is 6.92. The van der Waals surface area contributed by atoms with Crippen molar-refractivity contribution in [2.45, 2.75) is 19.4 Å². The summed E-state index contributed by atoms with van der Waals surface area (Å²) in [6, 6.07) is 26.8. The van der Waals surface area contributed by atoms with E-state index >= 15 is 0 Å². The number of phenolic OH excluding ortho intramolecular Hbond substituents is 1. The highest BCUT2D eigenvalue weighted by atomic mass is 79.9. The van der Waals surface area contributed by atoms with E-state index in [1.54, 1.807) is 49.4 Å². The van der Waals surface area contributed by atoms with Crippen molar-refractivity contribution in [2.75, 3.05) is 0 Å². The van der Waals surface area contributed by atoms with Crippen LogP contribution in [0.1, 0.15) is 39.8 Å². The molecule has 0 fully saturated rings. The van der Waals surface area contributed by atoms with Crippen LogP contribution in [0.15, 0.2) is 110 Å². The number of amides is 1. The Hall–Kier alpha value is -4.08. The highest BCUT2D eigenvalue weighted by Gasteiger charge is 2.33. The van der Waals surface area contributed by atoms with Gasteiger partial charge in [0, 0.05) is 20.9 Å². The van der Waals surface area contributed by atoms with Gasteiger partial charge in [-0.15, -0.1) is 0 Å². The van der Waals surface area contributed by atoms with Crippen LogP contribution in [0.4, 0.5) is 0 Å². The maximum Gasteiger partial charge on any atom is 0.274 e. The summed E-state index contributed by atoms with van der Waals surface area (Å²) in [5, 5.41) is 16.5. The first-order chi connectivity index (χ1) is 19.3. The number of phenols is 1. The zero-order valence-electron chi connectivity index (χ0n) is 21.3. The van der Waals surface area contributed by atoms with Crippen LogP contribution in [0.3, 0.4) is 0 Å². The number of fused-ring (bicyclic) bond motifs is 1. The van der Waals surface area contributed by atoms with E-state index in [0.29, 0.717) is 34.4 Å². The van der Waals surface area contributed by atoms with Gasteiger partial charge in [-0.3, -0.25) is 14.2 Å². The Morgan fingerprint density at radius 2 is 1.65 bits per heavy atom. The SMILES string of the molecule is Cc1nc2c(Br)cc(Br)cc2c(=O)n1-c1ccc(C(=O)N2N=C(c3ccccc3)CC2c2ccc(O)cc2)cc1. The Labute approximate surface area is 246 Å². The Balaban J connectivity index is 1.37. The molecule has 1 aromatic heterocycles. The average Bonchev–Trinajstić information content (AvgIpc) is 3.40. The number of hydrogen-bond donors (Lipinski definition) is 1. The number of nitrogens with zero attached hydrogens (tertiary/aromatic N) is 4. The number of carbonyl (C=O) groups is 1. The molecule has 1 aliphatic heterocycles. The lowest BCUT2D eigenvalue weighted by Gasteiger charge is -2.22. The molecule has 40 heavy (non-hydrogen) atoms. The van der Waals surface area contributed by atoms with Gasteiger partial charge in [0.15, 0.2) is 0 Å². The fourth-order valence-electron chi connectivity index (χ4n) is 4.97. The number of hydrogen-bond acceptors (Lipinski definition) is 5. The van der Waals surface area contributed by atoms with Gasteiger partial charge in [0.2, 0.25) is 0 Å². The zero-order valence-corrected chi connectivity index (χ0v) is 24.4. The summed E-state index contributed by atoms with van der Waals surface area (Å²) in [5.74, 6) is 0.431. The van der Waals surface area contributed by atoms with Crippen LogP contribution >= 0.6 is 31.9 Å². The van der Waals surface area contributed by atoms with E-state index in [9.17, 15) is 14.7 Å². The average molecular weight is 658 g/mol.